The number of allylic oxidation sites excluding steroid dienone is 4. The van der Waals surface area contributed by atoms with Gasteiger partial charge in [0, 0.05) is 38.8 Å². The van der Waals surface area contributed by atoms with E-state index in [2.05, 4.69) is 66.8 Å². The van der Waals surface area contributed by atoms with Gasteiger partial charge in [0.2, 0.25) is 0 Å². The molecule has 1 aliphatic carbocycles. The molecule has 1 aromatic rings. The standard InChI is InChI=1S/C24H34N4O.C2H6.CO2/c1-4-19-9-6-8-18(16-20(19)5-2)17-26-24(29)25-14-13-22-12-11-21-10-7-15-28(3)23(21)27-22;1-2;2-1-3/h8-9,11-12,16H,4-7,10,13-15,17H2,1-3H3,(H2,25,26,29);1-2H3;. The molecule has 186 valence electrons. The van der Waals surface area contributed by atoms with Crippen molar-refractivity contribution in [3.05, 3.63) is 58.3 Å². The Bertz CT molecular complexity index is 912. The summed E-state index contributed by atoms with van der Waals surface area (Å²) in [6.07, 6.45) is 13.0. The predicted octanol–water partition coefficient (Wildman–Crippen LogP) is 4.75. The monoisotopic (exact) mass is 468 g/mol. The van der Waals surface area contributed by atoms with Crippen LogP contribution >= 0.6 is 0 Å². The highest BCUT2D eigenvalue weighted by atomic mass is 16.2. The summed E-state index contributed by atoms with van der Waals surface area (Å²) < 4.78 is 0. The number of anilines is 1. The van der Waals surface area contributed by atoms with Gasteiger partial charge < -0.3 is 15.5 Å². The molecule has 34 heavy (non-hydrogen) atoms. The van der Waals surface area contributed by atoms with Crippen molar-refractivity contribution >= 4 is 18.0 Å². The minimum Gasteiger partial charge on any atom is -0.359 e. The number of nitrogens with zero attached hydrogens (tertiary/aromatic N) is 2. The topological polar surface area (TPSA) is 91.4 Å². The van der Waals surface area contributed by atoms with E-state index in [4.69, 9.17) is 14.6 Å². The van der Waals surface area contributed by atoms with Crippen LogP contribution in [0.3, 0.4) is 0 Å². The van der Waals surface area contributed by atoms with Gasteiger partial charge in [0.25, 0.3) is 0 Å². The number of aryl methyl sites for hydroxylation is 1. The first-order valence-electron chi connectivity index (χ1n) is 12.3. The lowest BCUT2D eigenvalue weighted by Gasteiger charge is -2.26. The summed E-state index contributed by atoms with van der Waals surface area (Å²) >= 11 is 0. The van der Waals surface area contributed by atoms with Gasteiger partial charge in [0.1, 0.15) is 5.82 Å². The number of rotatable bonds is 7. The quantitative estimate of drug-likeness (QED) is 0.602. The van der Waals surface area contributed by atoms with Crippen LogP contribution in [0.15, 0.2) is 47.1 Å². The minimum absolute atomic E-state index is 0.125. The molecule has 0 aromatic carbocycles. The second kappa shape index (κ2) is 16.4. The normalized spacial score (nSPS) is 14.3. The van der Waals surface area contributed by atoms with Crippen molar-refractivity contribution in [1.82, 2.24) is 15.6 Å². The van der Waals surface area contributed by atoms with Gasteiger partial charge in [-0.05, 0) is 60.5 Å². The number of urea groups is 1. The van der Waals surface area contributed by atoms with Crippen LogP contribution in [-0.2, 0) is 22.4 Å². The van der Waals surface area contributed by atoms with Gasteiger partial charge in [0.05, 0.1) is 0 Å². The first-order valence-corrected chi connectivity index (χ1v) is 12.3. The molecule has 2 aliphatic rings. The van der Waals surface area contributed by atoms with Crippen molar-refractivity contribution < 1.29 is 14.4 Å². The van der Waals surface area contributed by atoms with Gasteiger partial charge in [-0.3, -0.25) is 0 Å². The maximum absolute atomic E-state index is 12.2. The molecule has 7 nitrogen and oxygen atoms in total. The summed E-state index contributed by atoms with van der Waals surface area (Å²) in [4.78, 5) is 35.5. The van der Waals surface area contributed by atoms with E-state index in [9.17, 15) is 4.79 Å². The molecule has 2 heterocycles. The molecule has 0 saturated heterocycles. The molecule has 0 spiro atoms. The number of aromatic nitrogens is 1. The zero-order valence-corrected chi connectivity index (χ0v) is 21.4. The summed E-state index contributed by atoms with van der Waals surface area (Å²) in [6, 6.07) is 4.14. The molecule has 1 aliphatic heterocycles. The smallest absolute Gasteiger partial charge is 0.359 e. The van der Waals surface area contributed by atoms with Gasteiger partial charge in [0.15, 0.2) is 0 Å². The molecule has 0 atom stereocenters. The molecule has 0 saturated carbocycles. The number of nitrogens with one attached hydrogen (secondary N) is 2. The average Bonchev–Trinajstić information content (AvgIpc) is 3.06. The number of carbonyl (C=O) groups is 1. The van der Waals surface area contributed by atoms with Gasteiger partial charge >= 0.3 is 12.2 Å². The van der Waals surface area contributed by atoms with Gasteiger partial charge in [-0.15, -0.1) is 0 Å². The Morgan fingerprint density at radius 2 is 1.79 bits per heavy atom. The first-order chi connectivity index (χ1) is 16.5. The fourth-order valence-corrected chi connectivity index (χ4v) is 4.03. The third kappa shape index (κ3) is 9.36. The number of amides is 2. The Morgan fingerprint density at radius 1 is 1.09 bits per heavy atom. The Balaban J connectivity index is 0.00000107. The third-order valence-corrected chi connectivity index (χ3v) is 5.71. The lowest BCUT2D eigenvalue weighted by atomic mass is 10.00. The van der Waals surface area contributed by atoms with E-state index in [1.165, 1.54) is 28.7 Å². The molecule has 0 fully saturated rings. The van der Waals surface area contributed by atoms with E-state index < -0.39 is 0 Å². The number of carbonyl (C=O) groups excluding carboxylic acids is 3. The first kappa shape index (κ1) is 28.9. The predicted molar refractivity (Wildman–Crippen MR) is 137 cm³/mol. The lowest BCUT2D eigenvalue weighted by molar-refractivity contribution is -0.191. The van der Waals surface area contributed by atoms with E-state index in [0.717, 1.165) is 50.2 Å². The fraction of sp³-hybridized carbons (Fsp3) is 0.519. The fourth-order valence-electron chi connectivity index (χ4n) is 4.03. The highest BCUT2D eigenvalue weighted by Crippen LogP contribution is 2.24. The van der Waals surface area contributed by atoms with Gasteiger partial charge in [-0.25, -0.2) is 9.78 Å². The summed E-state index contributed by atoms with van der Waals surface area (Å²) in [5.41, 5.74) is 6.33. The van der Waals surface area contributed by atoms with E-state index >= 15 is 0 Å². The highest BCUT2D eigenvalue weighted by Gasteiger charge is 2.15. The zero-order valence-electron chi connectivity index (χ0n) is 21.4. The van der Waals surface area contributed by atoms with Crippen LogP contribution in [0.5, 0.6) is 0 Å². The van der Waals surface area contributed by atoms with E-state index in [1.807, 2.05) is 13.8 Å². The Morgan fingerprint density at radius 3 is 2.47 bits per heavy atom. The largest absolute Gasteiger partial charge is 0.373 e. The molecule has 2 N–H and O–H groups in total. The van der Waals surface area contributed by atoms with Crippen molar-refractivity contribution in [3.8, 4) is 0 Å². The van der Waals surface area contributed by atoms with Crippen molar-refractivity contribution in [2.24, 2.45) is 0 Å². The number of pyridine rings is 1. The lowest BCUT2D eigenvalue weighted by Crippen LogP contribution is -2.37. The van der Waals surface area contributed by atoms with Crippen molar-refractivity contribution in [1.29, 1.82) is 0 Å². The molecular formula is C27H40N4O3. The minimum atomic E-state index is -0.125. The maximum Gasteiger partial charge on any atom is 0.373 e. The maximum atomic E-state index is 12.2. The highest BCUT2D eigenvalue weighted by molar-refractivity contribution is 5.74. The van der Waals surface area contributed by atoms with Crippen LogP contribution in [0.1, 0.15) is 64.6 Å². The van der Waals surface area contributed by atoms with E-state index in [1.54, 1.807) is 0 Å². The number of fused-ring (bicyclic) bond motifs is 1. The zero-order chi connectivity index (χ0) is 25.3. The number of hydrogen-bond acceptors (Lipinski definition) is 5. The van der Waals surface area contributed by atoms with Gasteiger partial charge in [-0.2, -0.15) is 9.59 Å². The van der Waals surface area contributed by atoms with Crippen LogP contribution in [0.2, 0.25) is 0 Å². The molecule has 1 aromatic heterocycles. The third-order valence-electron chi connectivity index (χ3n) is 5.71. The SMILES string of the molecule is CC.CCC1=CCC=C(CNC(=O)NCCc2ccc3c(n2)N(C)CCC3)C=C1CC.O=C=O. The summed E-state index contributed by atoms with van der Waals surface area (Å²) in [5.74, 6) is 1.09. The molecule has 0 unspecified atom stereocenters. The molecule has 2 amide bonds. The summed E-state index contributed by atoms with van der Waals surface area (Å²) in [6.45, 7) is 10.6. The van der Waals surface area contributed by atoms with Crippen LogP contribution < -0.4 is 15.5 Å². The van der Waals surface area contributed by atoms with Crippen LogP contribution in [0.25, 0.3) is 0 Å². The number of hydrogen-bond donors (Lipinski definition) is 2. The second-order valence-electron chi connectivity index (χ2n) is 7.87. The van der Waals surface area contributed by atoms with Crippen LogP contribution in [0.4, 0.5) is 10.6 Å². The van der Waals surface area contributed by atoms with Crippen LogP contribution in [-0.4, -0.2) is 43.8 Å². The molecular weight excluding hydrogens is 428 g/mol. The van der Waals surface area contributed by atoms with Crippen molar-refractivity contribution in [2.75, 3.05) is 31.6 Å². The van der Waals surface area contributed by atoms with E-state index in [0.29, 0.717) is 13.1 Å². The van der Waals surface area contributed by atoms with Crippen LogP contribution in [0, 0.1) is 0 Å². The molecule has 7 heteroatoms. The Labute approximate surface area is 204 Å². The molecule has 0 bridgehead atoms. The Kier molecular flexibility index (Phi) is 13.9. The molecule has 3 rings (SSSR count). The summed E-state index contributed by atoms with van der Waals surface area (Å²) in [5, 5.41) is 5.94. The second-order valence-corrected chi connectivity index (χ2v) is 7.87. The average molecular weight is 469 g/mol. The Hall–Kier alpha value is -3.18. The van der Waals surface area contributed by atoms with E-state index in [-0.39, 0.29) is 12.2 Å². The van der Waals surface area contributed by atoms with Crippen molar-refractivity contribution in [3.63, 3.8) is 0 Å². The summed E-state index contributed by atoms with van der Waals surface area (Å²) in [7, 11) is 2.10. The van der Waals surface area contributed by atoms with Gasteiger partial charge in [-0.1, -0.05) is 52.0 Å². The molecule has 0 radical (unpaired) electrons. The van der Waals surface area contributed by atoms with Crippen molar-refractivity contribution in [2.45, 2.75) is 66.2 Å².